The van der Waals surface area contributed by atoms with Gasteiger partial charge in [-0.05, 0) is 41.8 Å². The zero-order chi connectivity index (χ0) is 24.9. The lowest BCUT2D eigenvalue weighted by Crippen LogP contribution is -2.37. The number of sulfonamides is 1. The van der Waals surface area contributed by atoms with E-state index in [1.54, 1.807) is 17.4 Å². The maximum atomic E-state index is 13.6. The van der Waals surface area contributed by atoms with Gasteiger partial charge in [0.05, 0.1) is 19.9 Å². The number of nitrogens with zero attached hydrogens (tertiary/aromatic N) is 1. The molecule has 34 heavy (non-hydrogen) atoms. The normalized spacial score (nSPS) is 12.8. The average molecular weight is 490 g/mol. The van der Waals surface area contributed by atoms with Crippen molar-refractivity contribution in [2.75, 3.05) is 31.7 Å². The number of imide groups is 1. The van der Waals surface area contributed by atoms with Crippen LogP contribution in [0, 0.1) is 0 Å². The number of carbonyl (C=O) groups excluding carboxylic acids is 3. The van der Waals surface area contributed by atoms with Crippen LogP contribution in [0.5, 0.6) is 11.5 Å². The minimum atomic E-state index is -4.04. The molecule has 0 radical (unpaired) electrons. The van der Waals surface area contributed by atoms with Gasteiger partial charge in [-0.15, -0.1) is 0 Å². The molecule has 1 heterocycles. The molecule has 2 aromatic rings. The number of methoxy groups -OCH3 is 2. The van der Waals surface area contributed by atoms with E-state index < -0.39 is 34.5 Å². The van der Waals surface area contributed by atoms with Gasteiger partial charge in [-0.3, -0.25) is 14.4 Å². The van der Waals surface area contributed by atoms with E-state index in [4.69, 9.17) is 19.9 Å². The quantitative estimate of drug-likeness (QED) is 0.414. The number of benzene rings is 2. The van der Waals surface area contributed by atoms with Crippen molar-refractivity contribution < 1.29 is 37.0 Å². The summed E-state index contributed by atoms with van der Waals surface area (Å²) in [7, 11) is -1.35. The summed E-state index contributed by atoms with van der Waals surface area (Å²) in [5.74, 6) is -1.62. The molecule has 0 bridgehead atoms. The van der Waals surface area contributed by atoms with Crippen molar-refractivity contribution in [3.63, 3.8) is 0 Å². The zero-order valence-corrected chi connectivity index (χ0v) is 19.3. The topological polar surface area (TPSA) is 154 Å². The molecular formula is C22H23N3O8S. The molecule has 3 rings (SSSR count). The number of urea groups is 1. The molecule has 11 nitrogen and oxygen atoms in total. The number of esters is 1. The number of hydrogen-bond donors (Lipinski definition) is 2. The lowest BCUT2D eigenvalue weighted by atomic mass is 10.2. The number of hydrogen-bond acceptors (Lipinski definition) is 8. The minimum absolute atomic E-state index is 0.0229. The molecule has 0 atom stereocenters. The summed E-state index contributed by atoms with van der Waals surface area (Å²) >= 11 is 0. The van der Waals surface area contributed by atoms with Gasteiger partial charge in [-0.25, -0.2) is 18.0 Å². The van der Waals surface area contributed by atoms with Crippen LogP contribution < -0.4 is 24.8 Å². The van der Waals surface area contributed by atoms with Gasteiger partial charge in [-0.2, -0.15) is 0 Å². The summed E-state index contributed by atoms with van der Waals surface area (Å²) in [4.78, 5) is 33.7. The largest absolute Gasteiger partial charge is 0.493 e. The number of anilines is 1. The Labute approximate surface area is 196 Å². The second-order valence-electron chi connectivity index (χ2n) is 7.06. The maximum Gasteiger partial charge on any atom is 0.331 e. The third-order valence-corrected chi connectivity index (χ3v) is 6.72. The average Bonchev–Trinajstić information content (AvgIpc) is 3.25. The van der Waals surface area contributed by atoms with Crippen LogP contribution in [0.4, 0.5) is 10.5 Å². The Hall–Kier alpha value is -4.06. The van der Waals surface area contributed by atoms with E-state index in [2.05, 4.69) is 0 Å². The van der Waals surface area contributed by atoms with Crippen LogP contribution in [0.1, 0.15) is 11.1 Å². The number of para-hydroxylation sites is 1. The molecule has 12 heteroatoms. The van der Waals surface area contributed by atoms with E-state index in [1.807, 2.05) is 12.1 Å². The van der Waals surface area contributed by atoms with Crippen molar-refractivity contribution in [3.05, 3.63) is 53.6 Å². The van der Waals surface area contributed by atoms with E-state index in [1.165, 1.54) is 36.7 Å². The molecule has 2 aromatic carbocycles. The van der Waals surface area contributed by atoms with Crippen molar-refractivity contribution in [1.82, 2.24) is 5.32 Å². The highest BCUT2D eigenvalue weighted by molar-refractivity contribution is 7.93. The van der Waals surface area contributed by atoms with Crippen molar-refractivity contribution in [2.45, 2.75) is 11.3 Å². The van der Waals surface area contributed by atoms with Gasteiger partial charge in [0.25, 0.3) is 15.9 Å². The summed E-state index contributed by atoms with van der Waals surface area (Å²) in [5, 5.41) is 1.75. The Morgan fingerprint density at radius 1 is 1.15 bits per heavy atom. The highest BCUT2D eigenvalue weighted by atomic mass is 32.2. The summed E-state index contributed by atoms with van der Waals surface area (Å²) in [6.07, 6.45) is 2.87. The number of primary amides is 1. The van der Waals surface area contributed by atoms with Crippen LogP contribution in [0.15, 0.2) is 47.4 Å². The fourth-order valence-electron chi connectivity index (χ4n) is 3.44. The first-order chi connectivity index (χ1) is 16.2. The van der Waals surface area contributed by atoms with Crippen LogP contribution in [0.25, 0.3) is 6.08 Å². The van der Waals surface area contributed by atoms with Crippen molar-refractivity contribution in [1.29, 1.82) is 0 Å². The van der Waals surface area contributed by atoms with Gasteiger partial charge in [0, 0.05) is 12.6 Å². The minimum Gasteiger partial charge on any atom is -0.493 e. The molecule has 0 aromatic heterocycles. The van der Waals surface area contributed by atoms with Gasteiger partial charge in [0.2, 0.25) is 0 Å². The Balaban J connectivity index is 1.91. The fourth-order valence-corrected chi connectivity index (χ4v) is 5.15. The van der Waals surface area contributed by atoms with E-state index >= 15 is 0 Å². The Morgan fingerprint density at radius 3 is 2.56 bits per heavy atom. The molecule has 0 spiro atoms. The second kappa shape index (κ2) is 10.3. The van der Waals surface area contributed by atoms with Crippen LogP contribution in [0.3, 0.4) is 0 Å². The smallest absolute Gasteiger partial charge is 0.331 e. The molecule has 0 saturated carbocycles. The van der Waals surface area contributed by atoms with Crippen LogP contribution in [-0.4, -0.2) is 53.7 Å². The molecule has 1 aliphatic rings. The molecule has 0 unspecified atom stereocenters. The van der Waals surface area contributed by atoms with E-state index in [0.29, 0.717) is 17.7 Å². The summed E-state index contributed by atoms with van der Waals surface area (Å²) in [6, 6.07) is 8.98. The zero-order valence-electron chi connectivity index (χ0n) is 18.4. The molecule has 0 fully saturated rings. The van der Waals surface area contributed by atoms with Crippen molar-refractivity contribution in [2.24, 2.45) is 5.73 Å². The third-order valence-electron chi connectivity index (χ3n) is 4.90. The number of fused-ring (bicyclic) bond motifs is 1. The number of carbonyl (C=O) groups is 3. The van der Waals surface area contributed by atoms with Gasteiger partial charge < -0.3 is 19.9 Å². The molecule has 1 aliphatic heterocycles. The molecular weight excluding hydrogens is 466 g/mol. The first-order valence-electron chi connectivity index (χ1n) is 9.98. The number of ether oxygens (including phenoxy) is 3. The maximum absolute atomic E-state index is 13.6. The number of nitrogens with one attached hydrogen (secondary N) is 1. The van der Waals surface area contributed by atoms with Gasteiger partial charge in [0.1, 0.15) is 4.90 Å². The molecule has 3 amide bonds. The van der Waals surface area contributed by atoms with Gasteiger partial charge in [0.15, 0.2) is 18.1 Å². The third kappa shape index (κ3) is 5.29. The Kier molecular flexibility index (Phi) is 7.41. The number of rotatable bonds is 8. The summed E-state index contributed by atoms with van der Waals surface area (Å²) in [6.45, 7) is -0.445. The predicted octanol–water partition coefficient (Wildman–Crippen LogP) is 1.21. The van der Waals surface area contributed by atoms with Crippen LogP contribution in [-0.2, 0) is 30.8 Å². The second-order valence-corrected chi connectivity index (χ2v) is 8.89. The van der Waals surface area contributed by atoms with E-state index in [-0.39, 0.29) is 22.9 Å². The lowest BCUT2D eigenvalue weighted by molar-refractivity contribution is -0.143. The SMILES string of the molecule is COc1cc(/C=C/C(=O)OCC(=O)NC(N)=O)cc(S(=O)(=O)N2CCc3ccccc32)c1OC. The first kappa shape index (κ1) is 24.6. The highest BCUT2D eigenvalue weighted by Crippen LogP contribution is 2.40. The number of amides is 3. The van der Waals surface area contributed by atoms with Crippen LogP contribution in [0.2, 0.25) is 0 Å². The van der Waals surface area contributed by atoms with Crippen molar-refractivity contribution >= 4 is 39.7 Å². The summed E-state index contributed by atoms with van der Waals surface area (Å²) < 4.78 is 43.9. The first-order valence-corrected chi connectivity index (χ1v) is 11.4. The highest BCUT2D eigenvalue weighted by Gasteiger charge is 2.34. The molecule has 0 saturated heterocycles. The Morgan fingerprint density at radius 2 is 1.88 bits per heavy atom. The fraction of sp³-hybridized carbons (Fsp3) is 0.227. The predicted molar refractivity (Wildman–Crippen MR) is 122 cm³/mol. The van der Waals surface area contributed by atoms with Gasteiger partial charge in [-0.1, -0.05) is 18.2 Å². The molecule has 3 N–H and O–H groups in total. The van der Waals surface area contributed by atoms with E-state index in [0.717, 1.165) is 11.6 Å². The monoisotopic (exact) mass is 489 g/mol. The summed E-state index contributed by atoms with van der Waals surface area (Å²) in [5.41, 5.74) is 6.61. The molecule has 180 valence electrons. The number of nitrogens with two attached hydrogens (primary N) is 1. The van der Waals surface area contributed by atoms with Gasteiger partial charge >= 0.3 is 12.0 Å². The lowest BCUT2D eigenvalue weighted by Gasteiger charge is -2.22. The van der Waals surface area contributed by atoms with Crippen LogP contribution >= 0.6 is 0 Å². The van der Waals surface area contributed by atoms with E-state index in [9.17, 15) is 22.8 Å². The van der Waals surface area contributed by atoms with Crippen molar-refractivity contribution in [3.8, 4) is 11.5 Å². The standard InChI is InChI=1S/C22H23N3O8S/c1-31-17-11-14(7-8-20(27)33-13-19(26)24-22(23)28)12-18(21(17)32-2)34(29,30)25-10-9-15-5-3-4-6-16(15)25/h3-8,11-12H,9-10,13H2,1-2H3,(H3,23,24,26,28)/b8-7+. The Bertz CT molecular complexity index is 1260. The molecule has 0 aliphatic carbocycles.